The van der Waals surface area contributed by atoms with E-state index in [0.717, 1.165) is 27.4 Å². The van der Waals surface area contributed by atoms with Crippen molar-refractivity contribution in [1.82, 2.24) is 9.55 Å². The number of nitrogen functional groups attached to an aromatic ring is 1. The van der Waals surface area contributed by atoms with Crippen LogP contribution in [0, 0.1) is 0 Å². The van der Waals surface area contributed by atoms with Crippen LogP contribution in [0.5, 0.6) is 0 Å². The number of halogens is 1. The van der Waals surface area contributed by atoms with E-state index in [4.69, 9.17) is 10.7 Å². The van der Waals surface area contributed by atoms with E-state index in [-0.39, 0.29) is 0 Å². The van der Waals surface area contributed by atoms with Crippen LogP contribution in [0.1, 0.15) is 24.6 Å². The predicted molar refractivity (Wildman–Crippen MR) is 72.7 cm³/mol. The van der Waals surface area contributed by atoms with Gasteiger partial charge in [-0.2, -0.15) is 0 Å². The first kappa shape index (κ1) is 10.8. The normalized spacial score (nSPS) is 15.2. The lowest BCUT2D eigenvalue weighted by Gasteiger charge is -2.02. The third-order valence-electron chi connectivity index (χ3n) is 3.25. The van der Waals surface area contributed by atoms with Crippen LogP contribution in [-0.2, 0) is 7.05 Å². The average Bonchev–Trinajstić information content (AvgIpc) is 3.11. The van der Waals surface area contributed by atoms with Gasteiger partial charge in [0.25, 0.3) is 0 Å². The third kappa shape index (κ3) is 1.76. The number of aromatic nitrogens is 2. The van der Waals surface area contributed by atoms with Crippen molar-refractivity contribution in [3.8, 4) is 11.3 Å². The molecule has 0 saturated heterocycles. The minimum Gasteiger partial charge on any atom is -0.383 e. The molecule has 1 fully saturated rings. The van der Waals surface area contributed by atoms with Gasteiger partial charge in [0, 0.05) is 23.0 Å². The van der Waals surface area contributed by atoms with Crippen LogP contribution < -0.4 is 5.73 Å². The van der Waals surface area contributed by atoms with Gasteiger partial charge < -0.3 is 10.3 Å². The van der Waals surface area contributed by atoms with Crippen LogP contribution in [0.3, 0.4) is 0 Å². The summed E-state index contributed by atoms with van der Waals surface area (Å²) >= 11 is 3.55. The van der Waals surface area contributed by atoms with Gasteiger partial charge in [0.1, 0.15) is 17.3 Å². The lowest BCUT2D eigenvalue weighted by Crippen LogP contribution is -2.00. The summed E-state index contributed by atoms with van der Waals surface area (Å²) in [5, 5.41) is 0. The summed E-state index contributed by atoms with van der Waals surface area (Å²) in [7, 11) is 2.00. The summed E-state index contributed by atoms with van der Waals surface area (Å²) in [6.45, 7) is 0. The van der Waals surface area contributed by atoms with Gasteiger partial charge in [-0.3, -0.25) is 0 Å². The molecule has 17 heavy (non-hydrogen) atoms. The summed E-state index contributed by atoms with van der Waals surface area (Å²) < 4.78 is 3.05. The molecule has 0 amide bonds. The molecule has 0 atom stereocenters. The standard InChI is InChI=1S/C13H14BrN3/c1-17-12(15)11(16-13(17)8-6-7-8)9-4-2-3-5-10(9)14/h2-5,8H,6-7,15H2,1H3. The zero-order chi connectivity index (χ0) is 12.0. The maximum atomic E-state index is 6.15. The van der Waals surface area contributed by atoms with Gasteiger partial charge in [-0.05, 0) is 18.9 Å². The first-order valence-electron chi connectivity index (χ1n) is 5.75. The van der Waals surface area contributed by atoms with Crippen molar-refractivity contribution < 1.29 is 0 Å². The second-order valence-electron chi connectivity index (χ2n) is 4.52. The van der Waals surface area contributed by atoms with E-state index in [9.17, 15) is 0 Å². The smallest absolute Gasteiger partial charge is 0.131 e. The Morgan fingerprint density at radius 3 is 2.71 bits per heavy atom. The highest BCUT2D eigenvalue weighted by molar-refractivity contribution is 9.10. The van der Waals surface area contributed by atoms with E-state index in [0.29, 0.717) is 5.92 Å². The average molecular weight is 292 g/mol. The van der Waals surface area contributed by atoms with Crippen LogP contribution in [0.15, 0.2) is 28.7 Å². The number of anilines is 1. The van der Waals surface area contributed by atoms with E-state index in [1.807, 2.05) is 35.9 Å². The lowest BCUT2D eigenvalue weighted by molar-refractivity contribution is 0.807. The number of hydrogen-bond donors (Lipinski definition) is 1. The van der Waals surface area contributed by atoms with E-state index in [1.165, 1.54) is 12.8 Å². The Bertz CT molecular complexity index is 570. The highest BCUT2D eigenvalue weighted by Crippen LogP contribution is 2.42. The molecule has 2 N–H and O–H groups in total. The predicted octanol–water partition coefficient (Wildman–Crippen LogP) is 3.31. The van der Waals surface area contributed by atoms with Gasteiger partial charge in [-0.15, -0.1) is 0 Å². The Morgan fingerprint density at radius 2 is 2.06 bits per heavy atom. The van der Waals surface area contributed by atoms with Gasteiger partial charge >= 0.3 is 0 Å². The molecule has 4 heteroatoms. The van der Waals surface area contributed by atoms with Crippen molar-refractivity contribution in [2.75, 3.05) is 5.73 Å². The van der Waals surface area contributed by atoms with Crippen LogP contribution in [0.4, 0.5) is 5.82 Å². The molecular formula is C13H14BrN3. The van der Waals surface area contributed by atoms with Gasteiger partial charge in [-0.25, -0.2) is 4.98 Å². The van der Waals surface area contributed by atoms with Crippen molar-refractivity contribution in [2.45, 2.75) is 18.8 Å². The highest BCUT2D eigenvalue weighted by Gasteiger charge is 2.30. The van der Waals surface area contributed by atoms with Gasteiger partial charge in [0.15, 0.2) is 0 Å². The minimum absolute atomic E-state index is 0.610. The molecular weight excluding hydrogens is 278 g/mol. The van der Waals surface area contributed by atoms with Crippen molar-refractivity contribution in [3.05, 3.63) is 34.6 Å². The maximum absolute atomic E-state index is 6.15. The summed E-state index contributed by atoms with van der Waals surface area (Å²) in [4.78, 5) is 4.71. The van der Waals surface area contributed by atoms with E-state index in [2.05, 4.69) is 15.9 Å². The molecule has 0 aliphatic heterocycles. The molecule has 0 bridgehead atoms. The Balaban J connectivity index is 2.15. The SMILES string of the molecule is Cn1c(C2CC2)nc(-c2ccccc2Br)c1N. The number of nitrogens with zero attached hydrogens (tertiary/aromatic N) is 2. The second kappa shape index (κ2) is 3.88. The lowest BCUT2D eigenvalue weighted by atomic mass is 10.1. The molecule has 88 valence electrons. The molecule has 1 heterocycles. The second-order valence-corrected chi connectivity index (χ2v) is 5.37. The molecule has 1 aromatic carbocycles. The van der Waals surface area contributed by atoms with Crippen LogP contribution in [-0.4, -0.2) is 9.55 Å². The fraction of sp³-hybridized carbons (Fsp3) is 0.308. The molecule has 1 saturated carbocycles. The number of nitrogens with two attached hydrogens (primary N) is 1. The maximum Gasteiger partial charge on any atom is 0.131 e. The molecule has 1 aliphatic carbocycles. The Morgan fingerprint density at radius 1 is 1.35 bits per heavy atom. The van der Waals surface area contributed by atoms with Crippen molar-refractivity contribution in [2.24, 2.45) is 7.05 Å². The number of hydrogen-bond acceptors (Lipinski definition) is 2. The number of rotatable bonds is 2. The molecule has 0 radical (unpaired) electrons. The molecule has 3 nitrogen and oxygen atoms in total. The molecule has 1 aliphatic rings. The van der Waals surface area contributed by atoms with Crippen molar-refractivity contribution >= 4 is 21.7 Å². The van der Waals surface area contributed by atoms with Crippen LogP contribution in [0.2, 0.25) is 0 Å². The van der Waals surface area contributed by atoms with Gasteiger partial charge in [-0.1, -0.05) is 34.1 Å². The number of imidazole rings is 1. The van der Waals surface area contributed by atoms with Gasteiger partial charge in [0.2, 0.25) is 0 Å². The first-order valence-corrected chi connectivity index (χ1v) is 6.54. The van der Waals surface area contributed by atoms with Gasteiger partial charge in [0.05, 0.1) is 0 Å². The Kier molecular flexibility index (Phi) is 2.47. The summed E-state index contributed by atoms with van der Waals surface area (Å²) in [6, 6.07) is 8.05. The largest absolute Gasteiger partial charge is 0.383 e. The summed E-state index contributed by atoms with van der Waals surface area (Å²) in [6.07, 6.45) is 2.47. The van der Waals surface area contributed by atoms with Crippen LogP contribution >= 0.6 is 15.9 Å². The molecule has 3 rings (SSSR count). The first-order chi connectivity index (χ1) is 8.18. The topological polar surface area (TPSA) is 43.8 Å². The molecule has 0 unspecified atom stereocenters. The molecule has 1 aromatic heterocycles. The Labute approximate surface area is 109 Å². The monoisotopic (exact) mass is 291 g/mol. The minimum atomic E-state index is 0.610. The number of benzene rings is 1. The van der Waals surface area contributed by atoms with E-state index < -0.39 is 0 Å². The quantitative estimate of drug-likeness (QED) is 0.923. The molecule has 2 aromatic rings. The third-order valence-corrected chi connectivity index (χ3v) is 3.94. The highest BCUT2D eigenvalue weighted by atomic mass is 79.9. The van der Waals surface area contributed by atoms with Crippen molar-refractivity contribution in [1.29, 1.82) is 0 Å². The van der Waals surface area contributed by atoms with E-state index >= 15 is 0 Å². The van der Waals surface area contributed by atoms with Crippen LogP contribution in [0.25, 0.3) is 11.3 Å². The Hall–Kier alpha value is -1.29. The zero-order valence-electron chi connectivity index (χ0n) is 9.65. The fourth-order valence-corrected chi connectivity index (χ4v) is 2.56. The molecule has 0 spiro atoms. The van der Waals surface area contributed by atoms with E-state index in [1.54, 1.807) is 0 Å². The summed E-state index contributed by atoms with van der Waals surface area (Å²) in [5.74, 6) is 2.48. The summed E-state index contributed by atoms with van der Waals surface area (Å²) in [5.41, 5.74) is 8.10. The zero-order valence-corrected chi connectivity index (χ0v) is 11.2. The fourth-order valence-electron chi connectivity index (χ4n) is 2.09. The van der Waals surface area contributed by atoms with Crippen molar-refractivity contribution in [3.63, 3.8) is 0 Å².